The van der Waals surface area contributed by atoms with E-state index in [1.807, 2.05) is 30.3 Å². The zero-order valence-corrected chi connectivity index (χ0v) is 21.3. The number of pyridine rings is 1. The van der Waals surface area contributed by atoms with Crippen LogP contribution in [-0.2, 0) is 16.0 Å². The van der Waals surface area contributed by atoms with E-state index in [9.17, 15) is 15.0 Å². The molecule has 1 aliphatic heterocycles. The van der Waals surface area contributed by atoms with Crippen LogP contribution in [0.25, 0.3) is 0 Å². The van der Waals surface area contributed by atoms with Gasteiger partial charge in [0.2, 0.25) is 5.91 Å². The molecule has 2 N–H and O–H groups in total. The summed E-state index contributed by atoms with van der Waals surface area (Å²) in [6, 6.07) is 17.8. The summed E-state index contributed by atoms with van der Waals surface area (Å²) in [5, 5.41) is 25.2. The Kier molecular flexibility index (Phi) is 5.50. The molecule has 1 amide bonds. The number of halogens is 2. The van der Waals surface area contributed by atoms with Crippen molar-refractivity contribution in [3.05, 3.63) is 93.2 Å². The summed E-state index contributed by atoms with van der Waals surface area (Å²) in [7, 11) is 3.16. The van der Waals surface area contributed by atoms with Gasteiger partial charge < -0.3 is 19.8 Å². The first-order valence-electron chi connectivity index (χ1n) is 10.9. The molecule has 5 atom stereocenters. The molecule has 1 aliphatic carbocycles. The maximum Gasteiger partial charge on any atom is 0.230 e. The highest BCUT2D eigenvalue weighted by Gasteiger charge is 2.84. The van der Waals surface area contributed by atoms with Crippen LogP contribution in [0.15, 0.2) is 71.3 Å². The summed E-state index contributed by atoms with van der Waals surface area (Å²) in [6.45, 7) is 0. The molecule has 3 aromatic rings. The van der Waals surface area contributed by atoms with E-state index in [-0.39, 0.29) is 11.4 Å². The van der Waals surface area contributed by atoms with Crippen molar-refractivity contribution >= 4 is 33.4 Å². The Morgan fingerprint density at radius 2 is 1.83 bits per heavy atom. The monoisotopic (exact) mass is 552 g/mol. The van der Waals surface area contributed by atoms with Crippen molar-refractivity contribution in [2.24, 2.45) is 5.92 Å². The third-order valence-electron chi connectivity index (χ3n) is 7.10. The van der Waals surface area contributed by atoms with Gasteiger partial charge in [-0.1, -0.05) is 75.9 Å². The van der Waals surface area contributed by atoms with Gasteiger partial charge in [0.15, 0.2) is 16.8 Å². The predicted octanol–water partition coefficient (Wildman–Crippen LogP) is 3.84. The van der Waals surface area contributed by atoms with Crippen LogP contribution >= 0.6 is 27.5 Å². The summed E-state index contributed by atoms with van der Waals surface area (Å²) < 4.78 is 7.42. The molecule has 0 bridgehead atoms. The Labute approximate surface area is 216 Å². The lowest BCUT2D eigenvalue weighted by Crippen LogP contribution is -2.59. The molecule has 1 fully saturated rings. The largest absolute Gasteiger partial charge is 0.476 e. The van der Waals surface area contributed by atoms with Crippen molar-refractivity contribution in [3.8, 4) is 18.1 Å². The second-order valence-electron chi connectivity index (χ2n) is 9.06. The molecule has 0 saturated heterocycles. The lowest BCUT2D eigenvalue weighted by Gasteiger charge is -2.41. The number of carbonyl (C=O) groups excluding carboxylic acids is 1. The van der Waals surface area contributed by atoms with Crippen molar-refractivity contribution in [3.63, 3.8) is 0 Å². The second-order valence-corrected chi connectivity index (χ2v) is 10.4. The topological polar surface area (TPSA) is 82.9 Å². The molecule has 5 unspecified atom stereocenters. The average Bonchev–Trinajstić information content (AvgIpc) is 3.20. The molecule has 2 aliphatic rings. The van der Waals surface area contributed by atoms with Gasteiger partial charge in [-0.25, -0.2) is 0 Å². The van der Waals surface area contributed by atoms with Gasteiger partial charge >= 0.3 is 0 Å². The Hall–Kier alpha value is -2.89. The smallest absolute Gasteiger partial charge is 0.230 e. The zero-order valence-electron chi connectivity index (χ0n) is 18.9. The van der Waals surface area contributed by atoms with Crippen molar-refractivity contribution in [1.82, 2.24) is 9.88 Å². The van der Waals surface area contributed by atoms with Crippen LogP contribution in [0.2, 0.25) is 5.02 Å². The minimum atomic E-state index is -2.38. The number of hydrogen-bond donors (Lipinski definition) is 2. The SMILES string of the molecule is C#CC1(O)C(C(=O)N(C)C)C(c2ccccc2)C2(c3ccc(Br)cc3)Oc3cc(Cl)cnc3C12O. The number of nitrogens with zero attached hydrogens (tertiary/aromatic N) is 2. The Balaban J connectivity index is 1.95. The highest BCUT2D eigenvalue weighted by Crippen LogP contribution is 2.71. The number of ether oxygens (including phenoxy) is 1. The number of amides is 1. The van der Waals surface area contributed by atoms with Crippen molar-refractivity contribution in [2.45, 2.75) is 22.7 Å². The van der Waals surface area contributed by atoms with E-state index >= 15 is 0 Å². The summed E-state index contributed by atoms with van der Waals surface area (Å²) >= 11 is 9.67. The van der Waals surface area contributed by atoms with Gasteiger partial charge in [0.1, 0.15) is 11.4 Å². The highest BCUT2D eigenvalue weighted by atomic mass is 79.9. The van der Waals surface area contributed by atoms with Gasteiger partial charge in [0, 0.05) is 36.7 Å². The first-order valence-corrected chi connectivity index (χ1v) is 12.1. The van der Waals surface area contributed by atoms with Crippen molar-refractivity contribution < 1.29 is 19.7 Å². The number of aliphatic hydroxyl groups is 2. The van der Waals surface area contributed by atoms with E-state index in [0.717, 1.165) is 4.47 Å². The van der Waals surface area contributed by atoms with Gasteiger partial charge in [-0.3, -0.25) is 9.78 Å². The third-order valence-corrected chi connectivity index (χ3v) is 7.84. The van der Waals surface area contributed by atoms with Crippen LogP contribution in [0.1, 0.15) is 22.7 Å². The predicted molar refractivity (Wildman–Crippen MR) is 135 cm³/mol. The Morgan fingerprint density at radius 3 is 2.43 bits per heavy atom. The van der Waals surface area contributed by atoms with E-state index in [0.29, 0.717) is 16.1 Å². The maximum absolute atomic E-state index is 13.7. The third kappa shape index (κ3) is 2.98. The maximum atomic E-state index is 13.7. The number of hydrogen-bond acceptors (Lipinski definition) is 5. The molecular weight excluding hydrogens is 532 g/mol. The molecule has 0 radical (unpaired) electrons. The van der Waals surface area contributed by atoms with Crippen LogP contribution in [0.3, 0.4) is 0 Å². The first-order chi connectivity index (χ1) is 16.6. The summed E-state index contributed by atoms with van der Waals surface area (Å²) in [5.74, 6) is -0.0133. The van der Waals surface area contributed by atoms with Gasteiger partial charge in [0.05, 0.1) is 10.9 Å². The number of benzene rings is 2. The lowest BCUT2D eigenvalue weighted by molar-refractivity contribution is -0.183. The van der Waals surface area contributed by atoms with Gasteiger partial charge in [-0.2, -0.15) is 0 Å². The fourth-order valence-electron chi connectivity index (χ4n) is 5.67. The van der Waals surface area contributed by atoms with E-state index in [1.165, 1.54) is 17.2 Å². The fraction of sp³-hybridized carbons (Fsp3) is 0.259. The van der Waals surface area contributed by atoms with Gasteiger partial charge in [-0.05, 0) is 23.3 Å². The van der Waals surface area contributed by atoms with Gasteiger partial charge in [-0.15, -0.1) is 6.42 Å². The quantitative estimate of drug-likeness (QED) is 0.482. The van der Waals surface area contributed by atoms with Crippen LogP contribution < -0.4 is 4.74 Å². The lowest BCUT2D eigenvalue weighted by atomic mass is 9.70. The summed E-state index contributed by atoms with van der Waals surface area (Å²) in [6.07, 6.45) is 7.33. The average molecular weight is 554 g/mol. The number of rotatable bonds is 3. The van der Waals surface area contributed by atoms with Gasteiger partial charge in [0.25, 0.3) is 0 Å². The molecule has 2 aromatic carbocycles. The highest BCUT2D eigenvalue weighted by molar-refractivity contribution is 9.10. The number of terminal acetylenes is 1. The number of aromatic nitrogens is 1. The van der Waals surface area contributed by atoms with Crippen LogP contribution in [0, 0.1) is 18.3 Å². The molecule has 5 rings (SSSR count). The summed E-state index contributed by atoms with van der Waals surface area (Å²) in [5.41, 5.74) is -5.16. The molecule has 35 heavy (non-hydrogen) atoms. The first kappa shape index (κ1) is 23.8. The fourth-order valence-corrected chi connectivity index (χ4v) is 6.08. The van der Waals surface area contributed by atoms with Crippen LogP contribution in [0.5, 0.6) is 5.75 Å². The van der Waals surface area contributed by atoms with Crippen molar-refractivity contribution in [1.29, 1.82) is 0 Å². The second kappa shape index (κ2) is 8.07. The van der Waals surface area contributed by atoms with E-state index in [1.54, 1.807) is 38.4 Å². The van der Waals surface area contributed by atoms with E-state index < -0.39 is 34.5 Å². The van der Waals surface area contributed by atoms with Crippen molar-refractivity contribution in [2.75, 3.05) is 14.1 Å². The van der Waals surface area contributed by atoms with E-state index in [2.05, 4.69) is 26.8 Å². The molecule has 8 heteroatoms. The molecular formula is C27H22BrClN2O4. The molecule has 1 aromatic heterocycles. The minimum Gasteiger partial charge on any atom is -0.476 e. The Bertz CT molecular complexity index is 1360. The molecule has 2 heterocycles. The summed E-state index contributed by atoms with van der Waals surface area (Å²) in [4.78, 5) is 19.5. The molecule has 0 spiro atoms. The van der Waals surface area contributed by atoms with Crippen LogP contribution in [0.4, 0.5) is 0 Å². The molecule has 178 valence electrons. The zero-order chi connectivity index (χ0) is 25.2. The van der Waals surface area contributed by atoms with Crippen LogP contribution in [-0.4, -0.2) is 45.7 Å². The van der Waals surface area contributed by atoms with E-state index in [4.69, 9.17) is 22.8 Å². The minimum absolute atomic E-state index is 0.0280. The standard InChI is InChI=1S/C27H22BrClN2O4/c1-4-25(33)22(24(32)31(2)3)21(16-8-6-5-7-9-16)26(17-10-12-18(28)13-11-17)27(25,34)23-20(35-26)14-19(29)15-30-23/h1,5-15,21-22,33-34H,2-3H3. The molecule has 6 nitrogen and oxygen atoms in total. The molecule has 1 saturated carbocycles. The number of carbonyl (C=O) groups is 1. The normalized spacial score (nSPS) is 30.7. The Morgan fingerprint density at radius 1 is 1.17 bits per heavy atom. The number of fused-ring (bicyclic) bond motifs is 3.